The van der Waals surface area contributed by atoms with Crippen LogP contribution in [0.1, 0.15) is 11.3 Å². The molecule has 0 unspecified atom stereocenters. The first-order valence-corrected chi connectivity index (χ1v) is 4.10. The first kappa shape index (κ1) is 8.26. The van der Waals surface area contributed by atoms with Crippen molar-refractivity contribution in [3.05, 3.63) is 35.3 Å². The number of halogens is 1. The van der Waals surface area contributed by atoms with Gasteiger partial charge in [0.05, 0.1) is 0 Å². The monoisotopic (exact) mass is 179 g/mol. The molecule has 0 radical (unpaired) electrons. The number of hydrogen-bond donors (Lipinski definition) is 1. The molecule has 0 bridgehead atoms. The van der Waals surface area contributed by atoms with Gasteiger partial charge in [0, 0.05) is 23.6 Å². The molecule has 1 aromatic carbocycles. The molecular weight excluding hydrogens is 169 g/mol. The molecule has 0 aliphatic heterocycles. The van der Waals surface area contributed by atoms with Gasteiger partial charge in [-0.25, -0.2) is 4.39 Å². The van der Waals surface area contributed by atoms with Crippen molar-refractivity contribution in [2.24, 2.45) is 5.73 Å². The molecule has 1 aromatic heterocycles. The summed E-state index contributed by atoms with van der Waals surface area (Å²) in [6, 6.07) is 4.49. The normalized spacial score (nSPS) is 11.0. The van der Waals surface area contributed by atoms with Crippen molar-refractivity contribution in [3.63, 3.8) is 0 Å². The molecule has 0 saturated carbocycles. The van der Waals surface area contributed by atoms with Crippen LogP contribution < -0.4 is 5.73 Å². The van der Waals surface area contributed by atoms with Gasteiger partial charge < -0.3 is 10.2 Å². The van der Waals surface area contributed by atoms with E-state index in [0.717, 1.165) is 16.7 Å². The van der Waals surface area contributed by atoms with Crippen LogP contribution in [0.5, 0.6) is 0 Å². The number of aryl methyl sites for hydroxylation is 1. The maximum atomic E-state index is 12.8. The molecule has 1 heterocycles. The molecule has 0 saturated heterocycles. The molecule has 68 valence electrons. The minimum atomic E-state index is -0.287. The third-order valence-corrected chi connectivity index (χ3v) is 2.16. The average molecular weight is 179 g/mol. The Balaban J connectivity index is 2.79. The summed E-state index contributed by atoms with van der Waals surface area (Å²) in [4.78, 5) is 0. The van der Waals surface area contributed by atoms with Crippen molar-refractivity contribution < 1.29 is 8.81 Å². The van der Waals surface area contributed by atoms with Crippen molar-refractivity contribution >= 4 is 11.0 Å². The SMILES string of the molecule is Cc1oc2cc(F)ccc2c1CN. The lowest BCUT2D eigenvalue weighted by Gasteiger charge is -1.92. The van der Waals surface area contributed by atoms with Gasteiger partial charge in [0.2, 0.25) is 0 Å². The van der Waals surface area contributed by atoms with Crippen LogP contribution in [0.3, 0.4) is 0 Å². The van der Waals surface area contributed by atoms with Gasteiger partial charge in [0.1, 0.15) is 17.2 Å². The summed E-state index contributed by atoms with van der Waals surface area (Å²) in [7, 11) is 0. The Kier molecular flexibility index (Phi) is 1.81. The lowest BCUT2D eigenvalue weighted by Crippen LogP contribution is -1.96. The maximum absolute atomic E-state index is 12.8. The Hall–Kier alpha value is -1.35. The van der Waals surface area contributed by atoms with Crippen LogP contribution in [0.2, 0.25) is 0 Å². The summed E-state index contributed by atoms with van der Waals surface area (Å²) < 4.78 is 18.1. The van der Waals surface area contributed by atoms with Gasteiger partial charge >= 0.3 is 0 Å². The summed E-state index contributed by atoms with van der Waals surface area (Å²) in [6.07, 6.45) is 0. The van der Waals surface area contributed by atoms with Crippen LogP contribution in [-0.4, -0.2) is 0 Å². The molecule has 2 nitrogen and oxygen atoms in total. The van der Waals surface area contributed by atoms with E-state index in [1.54, 1.807) is 6.07 Å². The van der Waals surface area contributed by atoms with Crippen molar-refractivity contribution in [3.8, 4) is 0 Å². The van der Waals surface area contributed by atoms with E-state index in [1.165, 1.54) is 12.1 Å². The second-order valence-corrected chi connectivity index (χ2v) is 2.98. The summed E-state index contributed by atoms with van der Waals surface area (Å²) in [5.74, 6) is 0.480. The minimum absolute atomic E-state index is 0.287. The van der Waals surface area contributed by atoms with Crippen LogP contribution in [0.25, 0.3) is 11.0 Å². The molecule has 2 aromatic rings. The van der Waals surface area contributed by atoms with E-state index in [-0.39, 0.29) is 5.82 Å². The number of benzene rings is 1. The molecule has 0 atom stereocenters. The fourth-order valence-electron chi connectivity index (χ4n) is 1.50. The Labute approximate surface area is 75.1 Å². The number of fused-ring (bicyclic) bond motifs is 1. The Bertz CT molecular complexity index is 447. The van der Waals surface area contributed by atoms with E-state index in [1.807, 2.05) is 6.92 Å². The molecule has 2 N–H and O–H groups in total. The van der Waals surface area contributed by atoms with Gasteiger partial charge in [0.25, 0.3) is 0 Å². The first-order valence-electron chi connectivity index (χ1n) is 4.10. The number of furan rings is 1. The van der Waals surface area contributed by atoms with Gasteiger partial charge in [-0.3, -0.25) is 0 Å². The van der Waals surface area contributed by atoms with Gasteiger partial charge in [-0.1, -0.05) is 0 Å². The quantitative estimate of drug-likeness (QED) is 0.729. The zero-order valence-corrected chi connectivity index (χ0v) is 7.30. The van der Waals surface area contributed by atoms with Crippen LogP contribution in [0.4, 0.5) is 4.39 Å². The summed E-state index contributed by atoms with van der Waals surface area (Å²) in [5, 5.41) is 0.904. The van der Waals surface area contributed by atoms with Crippen LogP contribution in [0, 0.1) is 12.7 Å². The fraction of sp³-hybridized carbons (Fsp3) is 0.200. The molecule has 0 aliphatic rings. The van der Waals surface area contributed by atoms with Crippen LogP contribution >= 0.6 is 0 Å². The van der Waals surface area contributed by atoms with E-state index in [9.17, 15) is 4.39 Å². The van der Waals surface area contributed by atoms with E-state index in [2.05, 4.69) is 0 Å². The Morgan fingerprint density at radius 3 is 2.92 bits per heavy atom. The van der Waals surface area contributed by atoms with Crippen molar-refractivity contribution in [2.75, 3.05) is 0 Å². The highest BCUT2D eigenvalue weighted by Crippen LogP contribution is 2.25. The van der Waals surface area contributed by atoms with Gasteiger partial charge in [-0.15, -0.1) is 0 Å². The predicted octanol–water partition coefficient (Wildman–Crippen LogP) is 2.34. The number of nitrogens with two attached hydrogens (primary N) is 1. The highest BCUT2D eigenvalue weighted by Gasteiger charge is 2.09. The second-order valence-electron chi connectivity index (χ2n) is 2.98. The summed E-state index contributed by atoms with van der Waals surface area (Å²) in [5.41, 5.74) is 7.07. The lowest BCUT2D eigenvalue weighted by molar-refractivity contribution is 0.565. The maximum Gasteiger partial charge on any atom is 0.137 e. The minimum Gasteiger partial charge on any atom is -0.461 e. The molecule has 0 aliphatic carbocycles. The molecule has 3 heteroatoms. The molecule has 0 amide bonds. The Morgan fingerprint density at radius 2 is 2.23 bits per heavy atom. The molecular formula is C10H10FNO. The smallest absolute Gasteiger partial charge is 0.137 e. The van der Waals surface area contributed by atoms with Crippen molar-refractivity contribution in [2.45, 2.75) is 13.5 Å². The standard InChI is InChI=1S/C10H10FNO/c1-6-9(5-12)8-3-2-7(11)4-10(8)13-6/h2-4H,5,12H2,1H3. The summed E-state index contributed by atoms with van der Waals surface area (Å²) in [6.45, 7) is 2.25. The third kappa shape index (κ3) is 1.21. The zero-order chi connectivity index (χ0) is 9.42. The van der Waals surface area contributed by atoms with Crippen molar-refractivity contribution in [1.82, 2.24) is 0 Å². The molecule has 0 fully saturated rings. The average Bonchev–Trinajstić information content (AvgIpc) is 2.39. The highest BCUT2D eigenvalue weighted by molar-refractivity contribution is 5.82. The van der Waals surface area contributed by atoms with E-state index in [0.29, 0.717) is 12.1 Å². The van der Waals surface area contributed by atoms with Gasteiger partial charge in [0.15, 0.2) is 0 Å². The van der Waals surface area contributed by atoms with Gasteiger partial charge in [-0.2, -0.15) is 0 Å². The van der Waals surface area contributed by atoms with E-state index in [4.69, 9.17) is 10.2 Å². The van der Waals surface area contributed by atoms with Crippen LogP contribution in [-0.2, 0) is 6.54 Å². The molecule has 2 rings (SSSR count). The van der Waals surface area contributed by atoms with Crippen LogP contribution in [0.15, 0.2) is 22.6 Å². The molecule has 13 heavy (non-hydrogen) atoms. The topological polar surface area (TPSA) is 39.2 Å². The molecule has 0 spiro atoms. The number of hydrogen-bond acceptors (Lipinski definition) is 2. The van der Waals surface area contributed by atoms with E-state index < -0.39 is 0 Å². The van der Waals surface area contributed by atoms with Gasteiger partial charge in [-0.05, 0) is 19.1 Å². The fourth-order valence-corrected chi connectivity index (χ4v) is 1.50. The second kappa shape index (κ2) is 2.85. The van der Waals surface area contributed by atoms with E-state index >= 15 is 0 Å². The third-order valence-electron chi connectivity index (χ3n) is 2.16. The summed E-state index contributed by atoms with van der Waals surface area (Å²) >= 11 is 0. The highest BCUT2D eigenvalue weighted by atomic mass is 19.1. The predicted molar refractivity (Wildman–Crippen MR) is 48.8 cm³/mol. The van der Waals surface area contributed by atoms with Crippen molar-refractivity contribution in [1.29, 1.82) is 0 Å². The Morgan fingerprint density at radius 1 is 1.46 bits per heavy atom. The zero-order valence-electron chi connectivity index (χ0n) is 7.30. The largest absolute Gasteiger partial charge is 0.461 e. The lowest BCUT2D eigenvalue weighted by atomic mass is 10.1. The first-order chi connectivity index (χ1) is 6.22. The number of rotatable bonds is 1.